The second kappa shape index (κ2) is 9.91. The van der Waals surface area contributed by atoms with Crippen LogP contribution in [0.1, 0.15) is 44.6 Å². The van der Waals surface area contributed by atoms with Gasteiger partial charge in [0.1, 0.15) is 18.4 Å². The van der Waals surface area contributed by atoms with Crippen LogP contribution in [0, 0.1) is 23.1 Å². The van der Waals surface area contributed by atoms with E-state index >= 15 is 0 Å². The number of hydrogen-bond donors (Lipinski definition) is 2. The number of piperidine rings is 1. The van der Waals surface area contributed by atoms with Gasteiger partial charge in [-0.1, -0.05) is 26.0 Å². The number of halogens is 1. The molecule has 2 unspecified atom stereocenters. The van der Waals surface area contributed by atoms with Crippen molar-refractivity contribution in [2.75, 3.05) is 19.6 Å². The van der Waals surface area contributed by atoms with Crippen LogP contribution < -0.4 is 10.6 Å². The number of nitrogens with one attached hydrogen (secondary N) is 2. The van der Waals surface area contributed by atoms with Crippen LogP contribution in [0.25, 0.3) is 0 Å². The number of rotatable bonds is 6. The maximum Gasteiger partial charge on any atom is 0.318 e. The van der Waals surface area contributed by atoms with Crippen molar-refractivity contribution in [2.24, 2.45) is 5.92 Å². The highest BCUT2D eigenvalue weighted by molar-refractivity contribution is 5.87. The van der Waals surface area contributed by atoms with Crippen molar-refractivity contribution >= 4 is 11.9 Å². The summed E-state index contributed by atoms with van der Waals surface area (Å²) >= 11 is 0. The van der Waals surface area contributed by atoms with Crippen LogP contribution >= 0.6 is 0 Å². The van der Waals surface area contributed by atoms with E-state index in [1.165, 1.54) is 12.1 Å². The molecule has 0 radical (unpaired) electrons. The molecule has 7 heteroatoms. The summed E-state index contributed by atoms with van der Waals surface area (Å²) in [5.74, 6) is -0.335. The fourth-order valence-electron chi connectivity index (χ4n) is 3.39. The monoisotopic (exact) mass is 374 g/mol. The van der Waals surface area contributed by atoms with E-state index in [1.54, 1.807) is 11.0 Å². The summed E-state index contributed by atoms with van der Waals surface area (Å²) in [6, 6.07) is 7.38. The van der Waals surface area contributed by atoms with E-state index in [2.05, 4.69) is 10.6 Å². The molecule has 3 amide bonds. The molecule has 0 bridgehead atoms. The Morgan fingerprint density at radius 1 is 1.41 bits per heavy atom. The Balaban J connectivity index is 2.01. The van der Waals surface area contributed by atoms with Crippen molar-refractivity contribution in [1.82, 2.24) is 15.5 Å². The second-order valence-corrected chi connectivity index (χ2v) is 7.35. The molecule has 2 rings (SSSR count). The number of hydrogen-bond acceptors (Lipinski definition) is 3. The van der Waals surface area contributed by atoms with Gasteiger partial charge in [-0.2, -0.15) is 5.26 Å². The van der Waals surface area contributed by atoms with Crippen LogP contribution in [-0.4, -0.2) is 42.5 Å². The van der Waals surface area contributed by atoms with Gasteiger partial charge in [-0.15, -0.1) is 0 Å². The number of carbonyl (C=O) groups excluding carboxylic acids is 2. The zero-order valence-corrected chi connectivity index (χ0v) is 15.9. The molecule has 6 nitrogen and oxygen atoms in total. The molecule has 0 aromatic heterocycles. The first-order valence-electron chi connectivity index (χ1n) is 9.36. The van der Waals surface area contributed by atoms with Crippen LogP contribution in [0.4, 0.5) is 9.18 Å². The molecule has 1 aromatic rings. The highest BCUT2D eigenvalue weighted by Crippen LogP contribution is 2.27. The Bertz CT molecular complexity index is 701. The standard InChI is InChI=1S/C20H27FN4O2/c1-14(2)11-18(19(26)23-9-8-22)24-20(27)25-10-4-6-16(13-25)15-5-3-7-17(21)12-15/h3,5,7,12,14,16,18H,4,6,9-11,13H2,1-2H3,(H,23,26)(H,24,27). The third-order valence-electron chi connectivity index (χ3n) is 4.69. The second-order valence-electron chi connectivity index (χ2n) is 7.35. The predicted molar refractivity (Wildman–Crippen MR) is 100 cm³/mol. The van der Waals surface area contributed by atoms with Gasteiger partial charge in [0.2, 0.25) is 5.91 Å². The van der Waals surface area contributed by atoms with Crippen molar-refractivity contribution in [3.05, 3.63) is 35.6 Å². The molecule has 27 heavy (non-hydrogen) atoms. The summed E-state index contributed by atoms with van der Waals surface area (Å²) in [5.41, 5.74) is 0.887. The Labute approximate surface area is 159 Å². The summed E-state index contributed by atoms with van der Waals surface area (Å²) in [6.45, 7) is 4.94. The first kappa shape index (κ1) is 20.7. The van der Waals surface area contributed by atoms with Crippen molar-refractivity contribution in [2.45, 2.75) is 45.1 Å². The zero-order chi connectivity index (χ0) is 19.8. The Morgan fingerprint density at radius 3 is 2.85 bits per heavy atom. The number of amides is 3. The van der Waals surface area contributed by atoms with Crippen LogP contribution in [0.3, 0.4) is 0 Å². The average Bonchev–Trinajstić information content (AvgIpc) is 2.65. The third-order valence-corrected chi connectivity index (χ3v) is 4.69. The molecule has 2 N–H and O–H groups in total. The number of benzene rings is 1. The Kier molecular flexibility index (Phi) is 7.59. The topological polar surface area (TPSA) is 85.2 Å². The summed E-state index contributed by atoms with van der Waals surface area (Å²) in [7, 11) is 0. The number of nitrogens with zero attached hydrogens (tertiary/aromatic N) is 2. The molecule has 1 heterocycles. The SMILES string of the molecule is CC(C)CC(NC(=O)N1CCCC(c2cccc(F)c2)C1)C(=O)NCC#N. The van der Waals surface area contributed by atoms with Crippen molar-refractivity contribution < 1.29 is 14.0 Å². The van der Waals surface area contributed by atoms with Gasteiger partial charge >= 0.3 is 6.03 Å². The normalized spacial score (nSPS) is 17.9. The van der Waals surface area contributed by atoms with E-state index in [0.29, 0.717) is 19.5 Å². The van der Waals surface area contributed by atoms with E-state index in [9.17, 15) is 14.0 Å². The number of urea groups is 1. The van der Waals surface area contributed by atoms with E-state index < -0.39 is 6.04 Å². The minimum absolute atomic E-state index is 0.0798. The molecule has 0 saturated carbocycles. The molecule has 146 valence electrons. The quantitative estimate of drug-likeness (QED) is 0.751. The van der Waals surface area contributed by atoms with E-state index in [0.717, 1.165) is 18.4 Å². The Morgan fingerprint density at radius 2 is 2.19 bits per heavy atom. The lowest BCUT2D eigenvalue weighted by atomic mass is 9.91. The number of nitriles is 1. The van der Waals surface area contributed by atoms with Crippen LogP contribution in [-0.2, 0) is 4.79 Å². The minimum atomic E-state index is -0.680. The molecular weight excluding hydrogens is 347 g/mol. The summed E-state index contributed by atoms with van der Waals surface area (Å²) in [6.07, 6.45) is 2.21. The van der Waals surface area contributed by atoms with Crippen molar-refractivity contribution in [3.63, 3.8) is 0 Å². The van der Waals surface area contributed by atoms with E-state index in [4.69, 9.17) is 5.26 Å². The van der Waals surface area contributed by atoms with Crippen LogP contribution in [0.15, 0.2) is 24.3 Å². The summed E-state index contributed by atoms with van der Waals surface area (Å²) in [5, 5.41) is 13.9. The van der Waals surface area contributed by atoms with Crippen molar-refractivity contribution in [3.8, 4) is 6.07 Å². The summed E-state index contributed by atoms with van der Waals surface area (Å²) < 4.78 is 13.5. The predicted octanol–water partition coefficient (Wildman–Crippen LogP) is 2.77. The smallest absolute Gasteiger partial charge is 0.318 e. The highest BCUT2D eigenvalue weighted by Gasteiger charge is 2.28. The van der Waals surface area contributed by atoms with Gasteiger partial charge in [-0.05, 0) is 42.9 Å². The van der Waals surface area contributed by atoms with Gasteiger partial charge in [0.05, 0.1) is 6.07 Å². The molecule has 1 aliphatic heterocycles. The first-order chi connectivity index (χ1) is 12.9. The zero-order valence-electron chi connectivity index (χ0n) is 15.9. The van der Waals surface area contributed by atoms with Gasteiger partial charge in [-0.3, -0.25) is 4.79 Å². The fourth-order valence-corrected chi connectivity index (χ4v) is 3.39. The molecule has 0 spiro atoms. The van der Waals surface area contributed by atoms with Gasteiger partial charge in [0.15, 0.2) is 0 Å². The van der Waals surface area contributed by atoms with Gasteiger partial charge in [0.25, 0.3) is 0 Å². The largest absolute Gasteiger partial charge is 0.341 e. The van der Waals surface area contributed by atoms with Crippen LogP contribution in [0.2, 0.25) is 0 Å². The fraction of sp³-hybridized carbons (Fsp3) is 0.550. The maximum absolute atomic E-state index is 13.5. The summed E-state index contributed by atoms with van der Waals surface area (Å²) in [4.78, 5) is 26.6. The average molecular weight is 374 g/mol. The third kappa shape index (κ3) is 6.24. The highest BCUT2D eigenvalue weighted by atomic mass is 19.1. The Hall–Kier alpha value is -2.62. The maximum atomic E-state index is 13.5. The van der Waals surface area contributed by atoms with Crippen LogP contribution in [0.5, 0.6) is 0 Å². The molecule has 1 saturated heterocycles. The van der Waals surface area contributed by atoms with Crippen molar-refractivity contribution in [1.29, 1.82) is 5.26 Å². The van der Waals surface area contributed by atoms with Gasteiger partial charge in [-0.25, -0.2) is 9.18 Å². The van der Waals surface area contributed by atoms with Gasteiger partial charge < -0.3 is 15.5 Å². The van der Waals surface area contributed by atoms with Gasteiger partial charge in [0, 0.05) is 19.0 Å². The molecule has 1 aromatic carbocycles. The minimum Gasteiger partial charge on any atom is -0.341 e. The molecule has 2 atom stereocenters. The lowest BCUT2D eigenvalue weighted by molar-refractivity contribution is -0.123. The number of carbonyl (C=O) groups is 2. The molecule has 0 aliphatic carbocycles. The molecule has 1 fully saturated rings. The lowest BCUT2D eigenvalue weighted by Crippen LogP contribution is -2.53. The number of likely N-dealkylation sites (tertiary alicyclic amines) is 1. The van der Waals surface area contributed by atoms with E-state index in [-0.39, 0.29) is 36.1 Å². The lowest BCUT2D eigenvalue weighted by Gasteiger charge is -2.34. The molecule has 1 aliphatic rings. The molecular formula is C20H27FN4O2. The van der Waals surface area contributed by atoms with E-state index in [1.807, 2.05) is 26.0 Å². The first-order valence-corrected chi connectivity index (χ1v) is 9.36.